The van der Waals surface area contributed by atoms with Crippen LogP contribution in [0, 0.1) is 10.1 Å². The van der Waals surface area contributed by atoms with Gasteiger partial charge in [-0.3, -0.25) is 14.9 Å². The Balaban J connectivity index is 1.43. The fourth-order valence-electron chi connectivity index (χ4n) is 3.46. The van der Waals surface area contributed by atoms with E-state index in [0.29, 0.717) is 12.2 Å². The van der Waals surface area contributed by atoms with Gasteiger partial charge in [-0.2, -0.15) is 0 Å². The first kappa shape index (κ1) is 18.9. The Labute approximate surface area is 167 Å². The molecule has 2 aromatic rings. The van der Waals surface area contributed by atoms with E-state index in [2.05, 4.69) is 5.32 Å². The summed E-state index contributed by atoms with van der Waals surface area (Å²) in [5, 5.41) is 14.4. The quantitative estimate of drug-likeness (QED) is 0.457. The number of hydrogen-bond acceptors (Lipinski definition) is 6. The molecule has 2 aliphatic rings. The lowest BCUT2D eigenvalue weighted by Crippen LogP contribution is -2.38. The van der Waals surface area contributed by atoms with Gasteiger partial charge in [0.15, 0.2) is 6.61 Å². The monoisotopic (exact) mass is 395 g/mol. The molecule has 1 amide bonds. The lowest BCUT2D eigenvalue weighted by Gasteiger charge is -2.29. The summed E-state index contributed by atoms with van der Waals surface area (Å²) in [6, 6.07) is 12.1. The number of nitrogens with zero attached hydrogens (tertiary/aromatic N) is 2. The maximum atomic E-state index is 12.6. The Morgan fingerprint density at radius 2 is 2.00 bits per heavy atom. The van der Waals surface area contributed by atoms with E-state index in [1.54, 1.807) is 4.90 Å². The molecule has 29 heavy (non-hydrogen) atoms. The maximum absolute atomic E-state index is 12.6. The third kappa shape index (κ3) is 4.21. The number of hydrogen-bond donors (Lipinski definition) is 1. The van der Waals surface area contributed by atoms with E-state index < -0.39 is 17.5 Å². The van der Waals surface area contributed by atoms with Crippen molar-refractivity contribution in [1.29, 1.82) is 0 Å². The molecule has 1 aliphatic carbocycles. The number of carbonyl (C=O) groups is 2. The second-order valence-electron chi connectivity index (χ2n) is 7.26. The van der Waals surface area contributed by atoms with Crippen LogP contribution in [0.3, 0.4) is 0 Å². The highest BCUT2D eigenvalue weighted by molar-refractivity contribution is 5.98. The van der Waals surface area contributed by atoms with Gasteiger partial charge >= 0.3 is 5.97 Å². The van der Waals surface area contributed by atoms with E-state index >= 15 is 0 Å². The average Bonchev–Trinajstić information content (AvgIpc) is 3.55. The number of carbonyl (C=O) groups excluding carboxylic acids is 2. The van der Waals surface area contributed by atoms with Gasteiger partial charge in [-0.25, -0.2) is 4.79 Å². The van der Waals surface area contributed by atoms with Gasteiger partial charge in [0.2, 0.25) is 0 Å². The van der Waals surface area contributed by atoms with Crippen LogP contribution in [0.5, 0.6) is 0 Å². The van der Waals surface area contributed by atoms with Gasteiger partial charge < -0.3 is 15.0 Å². The zero-order valence-electron chi connectivity index (χ0n) is 15.8. The Hall–Kier alpha value is -3.42. The smallest absolute Gasteiger partial charge is 0.338 e. The molecule has 1 aliphatic heterocycles. The number of nitrogens with one attached hydrogen (secondary N) is 1. The van der Waals surface area contributed by atoms with Crippen LogP contribution in [0.4, 0.5) is 17.1 Å². The van der Waals surface area contributed by atoms with Crippen molar-refractivity contribution < 1.29 is 19.2 Å². The van der Waals surface area contributed by atoms with Crippen LogP contribution in [-0.4, -0.2) is 36.0 Å². The minimum atomic E-state index is -0.760. The molecule has 0 saturated heterocycles. The second-order valence-corrected chi connectivity index (χ2v) is 7.26. The summed E-state index contributed by atoms with van der Waals surface area (Å²) in [5.74, 6) is -1.07. The van der Waals surface area contributed by atoms with E-state index in [-0.39, 0.29) is 23.2 Å². The molecule has 1 heterocycles. The molecule has 1 fully saturated rings. The highest BCUT2D eigenvalue weighted by Crippen LogP contribution is 2.32. The lowest BCUT2D eigenvalue weighted by molar-refractivity contribution is -0.384. The molecule has 0 atom stereocenters. The van der Waals surface area contributed by atoms with Crippen LogP contribution in [0.15, 0.2) is 42.5 Å². The summed E-state index contributed by atoms with van der Waals surface area (Å²) in [4.78, 5) is 37.4. The van der Waals surface area contributed by atoms with Crippen molar-refractivity contribution in [3.8, 4) is 0 Å². The van der Waals surface area contributed by atoms with E-state index in [1.807, 2.05) is 24.3 Å². The molecule has 8 heteroatoms. The molecule has 0 spiro atoms. The summed E-state index contributed by atoms with van der Waals surface area (Å²) in [6.07, 6.45) is 3.70. The van der Waals surface area contributed by atoms with Crippen LogP contribution in [0.2, 0.25) is 0 Å². The van der Waals surface area contributed by atoms with E-state index in [4.69, 9.17) is 4.74 Å². The number of nitro groups is 1. The highest BCUT2D eigenvalue weighted by Gasteiger charge is 2.27. The number of amides is 1. The zero-order chi connectivity index (χ0) is 20.4. The van der Waals surface area contributed by atoms with Gasteiger partial charge in [0.25, 0.3) is 11.6 Å². The molecule has 1 N–H and O–H groups in total. The summed E-state index contributed by atoms with van der Waals surface area (Å²) in [7, 11) is 0. The molecule has 4 rings (SSSR count). The van der Waals surface area contributed by atoms with Gasteiger partial charge in [0, 0.05) is 24.3 Å². The van der Waals surface area contributed by atoms with Crippen molar-refractivity contribution in [3.05, 3.63) is 63.7 Å². The number of nitro benzene ring substituents is 1. The minimum Gasteiger partial charge on any atom is -0.452 e. The molecule has 0 bridgehead atoms. The third-order valence-corrected chi connectivity index (χ3v) is 5.11. The van der Waals surface area contributed by atoms with Crippen molar-refractivity contribution in [2.75, 3.05) is 23.4 Å². The Kier molecular flexibility index (Phi) is 5.16. The molecule has 150 valence electrons. The summed E-state index contributed by atoms with van der Waals surface area (Å²) < 4.78 is 5.15. The van der Waals surface area contributed by atoms with Crippen LogP contribution in [-0.2, 0) is 16.0 Å². The van der Waals surface area contributed by atoms with E-state index in [9.17, 15) is 19.7 Å². The normalized spacial score (nSPS) is 15.4. The van der Waals surface area contributed by atoms with Crippen LogP contribution in [0.25, 0.3) is 0 Å². The number of fused-ring (bicyclic) bond motifs is 1. The van der Waals surface area contributed by atoms with Crippen molar-refractivity contribution in [3.63, 3.8) is 0 Å². The number of rotatable bonds is 6. The second kappa shape index (κ2) is 7.90. The molecular weight excluding hydrogens is 374 g/mol. The van der Waals surface area contributed by atoms with Gasteiger partial charge in [0.1, 0.15) is 5.69 Å². The van der Waals surface area contributed by atoms with Crippen molar-refractivity contribution >= 4 is 28.9 Å². The fourth-order valence-corrected chi connectivity index (χ4v) is 3.46. The van der Waals surface area contributed by atoms with Crippen LogP contribution < -0.4 is 10.2 Å². The summed E-state index contributed by atoms with van der Waals surface area (Å²) in [6.45, 7) is 0.156. The van der Waals surface area contributed by atoms with Gasteiger partial charge in [-0.1, -0.05) is 18.2 Å². The Morgan fingerprint density at radius 3 is 2.76 bits per heavy atom. The first-order chi connectivity index (χ1) is 14.0. The summed E-state index contributed by atoms with van der Waals surface area (Å²) in [5.41, 5.74) is 2.18. The van der Waals surface area contributed by atoms with Gasteiger partial charge in [-0.05, 0) is 49.4 Å². The van der Waals surface area contributed by atoms with Crippen molar-refractivity contribution in [2.45, 2.75) is 31.7 Å². The molecular formula is C21H21N3O5. The van der Waals surface area contributed by atoms with Crippen molar-refractivity contribution in [1.82, 2.24) is 0 Å². The minimum absolute atomic E-state index is 0.0462. The first-order valence-electron chi connectivity index (χ1n) is 9.63. The highest BCUT2D eigenvalue weighted by atomic mass is 16.6. The number of para-hydroxylation sites is 1. The number of esters is 1. The number of ether oxygens (including phenoxy) is 1. The predicted molar refractivity (Wildman–Crippen MR) is 107 cm³/mol. The molecule has 1 saturated carbocycles. The van der Waals surface area contributed by atoms with E-state index in [1.165, 1.54) is 18.2 Å². The van der Waals surface area contributed by atoms with Gasteiger partial charge in [0.05, 0.1) is 10.5 Å². The number of anilines is 2. The largest absolute Gasteiger partial charge is 0.452 e. The number of aryl methyl sites for hydroxylation is 1. The first-order valence-corrected chi connectivity index (χ1v) is 9.63. The van der Waals surface area contributed by atoms with E-state index in [0.717, 1.165) is 36.9 Å². The SMILES string of the molecule is O=C(OCC(=O)N1CCCc2ccccc21)c1ccc(NC2CC2)c([N+](=O)[O-])c1. The molecule has 8 nitrogen and oxygen atoms in total. The third-order valence-electron chi connectivity index (χ3n) is 5.11. The maximum Gasteiger partial charge on any atom is 0.338 e. The summed E-state index contributed by atoms with van der Waals surface area (Å²) >= 11 is 0. The number of benzene rings is 2. The lowest BCUT2D eigenvalue weighted by atomic mass is 10.0. The topological polar surface area (TPSA) is 102 Å². The van der Waals surface area contributed by atoms with Crippen LogP contribution in [0.1, 0.15) is 35.2 Å². The van der Waals surface area contributed by atoms with Crippen molar-refractivity contribution in [2.24, 2.45) is 0 Å². The molecule has 2 aromatic carbocycles. The zero-order valence-corrected chi connectivity index (χ0v) is 15.8. The Morgan fingerprint density at radius 1 is 1.21 bits per heavy atom. The van der Waals surface area contributed by atoms with Gasteiger partial charge in [-0.15, -0.1) is 0 Å². The average molecular weight is 395 g/mol. The molecule has 0 aromatic heterocycles. The molecule has 0 radical (unpaired) electrons. The standard InChI is InChI=1S/C21H21N3O5/c25-20(23-11-3-5-14-4-1-2-6-18(14)23)13-29-21(26)15-7-10-17(22-16-8-9-16)19(12-15)24(27)28/h1-2,4,6-7,10,12,16,22H,3,5,8-9,11,13H2. The predicted octanol–water partition coefficient (Wildman–Crippen LogP) is 3.31. The Bertz CT molecular complexity index is 971. The molecule has 0 unspecified atom stereocenters. The van der Waals surface area contributed by atoms with Crippen LogP contribution >= 0.6 is 0 Å². The fraction of sp³-hybridized carbons (Fsp3) is 0.333.